The highest BCUT2D eigenvalue weighted by Crippen LogP contribution is 2.28. The molecule has 0 radical (unpaired) electrons. The van der Waals surface area contributed by atoms with Crippen LogP contribution in [0.1, 0.15) is 19.4 Å². The Balaban J connectivity index is 2.95. The molecule has 0 saturated heterocycles. The molecule has 0 spiro atoms. The third kappa shape index (κ3) is 3.43. The summed E-state index contributed by atoms with van der Waals surface area (Å²) < 4.78 is 5.23. The van der Waals surface area contributed by atoms with Crippen LogP contribution in [-0.4, -0.2) is 24.2 Å². The van der Waals surface area contributed by atoms with Crippen molar-refractivity contribution in [3.05, 3.63) is 33.9 Å². The van der Waals surface area contributed by atoms with Crippen LogP contribution in [0.3, 0.4) is 0 Å². The third-order valence-corrected chi connectivity index (χ3v) is 2.31. The topological polar surface area (TPSA) is 88.2 Å². The average molecular weight is 249 g/mol. The number of hydrogen-bond donors (Lipinski definition) is 1. The number of nitrogens with one attached hydrogen (secondary N) is 1. The molecule has 1 aromatic rings. The number of hydrogen-bond acceptors (Lipinski definition) is 5. The summed E-state index contributed by atoms with van der Waals surface area (Å²) in [5.74, 6) is 0. The fourth-order valence-corrected chi connectivity index (χ4v) is 1.55. The maximum absolute atomic E-state index is 11.0. The molecule has 0 aliphatic rings. The van der Waals surface area contributed by atoms with E-state index in [0.29, 0.717) is 18.9 Å². The second-order valence-corrected chi connectivity index (χ2v) is 3.78. The lowest BCUT2D eigenvalue weighted by Gasteiger charge is -2.15. The minimum absolute atomic E-state index is 0.0496. The van der Waals surface area contributed by atoms with E-state index in [1.807, 2.05) is 19.9 Å². The molecule has 96 valence electrons. The van der Waals surface area contributed by atoms with Gasteiger partial charge < -0.3 is 10.1 Å². The molecule has 0 aromatic heterocycles. The first-order chi connectivity index (χ1) is 8.60. The van der Waals surface area contributed by atoms with E-state index in [1.165, 1.54) is 6.07 Å². The van der Waals surface area contributed by atoms with Gasteiger partial charge in [0.1, 0.15) is 17.3 Å². The highest BCUT2D eigenvalue weighted by atomic mass is 16.6. The minimum atomic E-state index is -0.547. The van der Waals surface area contributed by atoms with Gasteiger partial charge in [0.05, 0.1) is 11.5 Å². The zero-order chi connectivity index (χ0) is 13.5. The van der Waals surface area contributed by atoms with Crippen molar-refractivity contribution in [2.24, 2.45) is 0 Å². The number of nitrogens with zero attached hydrogens (tertiary/aromatic N) is 2. The van der Waals surface area contributed by atoms with Crippen molar-refractivity contribution in [2.45, 2.75) is 19.9 Å². The Labute approximate surface area is 105 Å². The summed E-state index contributed by atoms with van der Waals surface area (Å²) in [7, 11) is 0. The number of ether oxygens (including phenoxy) is 1. The molecule has 1 unspecified atom stereocenters. The van der Waals surface area contributed by atoms with E-state index in [2.05, 4.69) is 5.32 Å². The first-order valence-electron chi connectivity index (χ1n) is 5.62. The first kappa shape index (κ1) is 13.9. The van der Waals surface area contributed by atoms with Crippen LogP contribution in [0.15, 0.2) is 18.2 Å². The molecule has 1 atom stereocenters. The summed E-state index contributed by atoms with van der Waals surface area (Å²) >= 11 is 0. The highest BCUT2D eigenvalue weighted by Gasteiger charge is 2.20. The molecule has 0 amide bonds. The van der Waals surface area contributed by atoms with Crippen molar-refractivity contribution >= 4 is 11.4 Å². The smallest absolute Gasteiger partial charge is 0.309 e. The Hall–Kier alpha value is -2.13. The molecular weight excluding hydrogens is 234 g/mol. The van der Waals surface area contributed by atoms with Crippen LogP contribution in [0.5, 0.6) is 0 Å². The van der Waals surface area contributed by atoms with E-state index >= 15 is 0 Å². The van der Waals surface area contributed by atoms with Gasteiger partial charge in [0.25, 0.3) is 0 Å². The fourth-order valence-electron chi connectivity index (χ4n) is 1.55. The van der Waals surface area contributed by atoms with Gasteiger partial charge in [-0.2, -0.15) is 5.26 Å². The Kier molecular flexibility index (Phi) is 5.08. The average Bonchev–Trinajstić information content (AvgIpc) is 2.35. The quantitative estimate of drug-likeness (QED) is 0.617. The van der Waals surface area contributed by atoms with Crippen LogP contribution in [-0.2, 0) is 4.74 Å². The van der Waals surface area contributed by atoms with Crippen molar-refractivity contribution in [1.29, 1.82) is 5.26 Å². The normalized spacial score (nSPS) is 11.6. The standard InChI is InChI=1S/C12H15N3O3/c1-3-18-8-9(2)14-11-6-4-5-10(7-13)12(11)15(16)17/h4-6,9,14H,3,8H2,1-2H3. The van der Waals surface area contributed by atoms with E-state index < -0.39 is 4.92 Å². The molecule has 1 rings (SSSR count). The van der Waals surface area contributed by atoms with Gasteiger partial charge in [-0.05, 0) is 26.0 Å². The van der Waals surface area contributed by atoms with Gasteiger partial charge in [-0.1, -0.05) is 6.07 Å². The van der Waals surface area contributed by atoms with Crippen molar-refractivity contribution < 1.29 is 9.66 Å². The largest absolute Gasteiger partial charge is 0.380 e. The molecule has 18 heavy (non-hydrogen) atoms. The monoisotopic (exact) mass is 249 g/mol. The van der Waals surface area contributed by atoms with Crippen LogP contribution in [0, 0.1) is 21.4 Å². The Bertz CT molecular complexity index is 468. The maximum Gasteiger partial charge on any atom is 0.309 e. The van der Waals surface area contributed by atoms with E-state index in [0.717, 1.165) is 0 Å². The van der Waals surface area contributed by atoms with Crippen LogP contribution in [0.25, 0.3) is 0 Å². The molecule has 0 heterocycles. The lowest BCUT2D eigenvalue weighted by molar-refractivity contribution is -0.384. The highest BCUT2D eigenvalue weighted by molar-refractivity contribution is 5.68. The third-order valence-electron chi connectivity index (χ3n) is 2.31. The van der Waals surface area contributed by atoms with E-state index in [-0.39, 0.29) is 17.3 Å². The van der Waals surface area contributed by atoms with Crippen molar-refractivity contribution in [3.8, 4) is 6.07 Å². The molecule has 0 fully saturated rings. The maximum atomic E-state index is 11.0. The Morgan fingerprint density at radius 1 is 1.61 bits per heavy atom. The molecule has 1 N–H and O–H groups in total. The number of benzene rings is 1. The van der Waals surface area contributed by atoms with Crippen molar-refractivity contribution in [1.82, 2.24) is 0 Å². The van der Waals surface area contributed by atoms with Crippen LogP contribution >= 0.6 is 0 Å². The Morgan fingerprint density at radius 3 is 2.89 bits per heavy atom. The molecule has 0 saturated carbocycles. The number of anilines is 1. The number of para-hydroxylation sites is 1. The SMILES string of the molecule is CCOCC(C)Nc1cccc(C#N)c1[N+](=O)[O-]. The van der Waals surface area contributed by atoms with E-state index in [1.54, 1.807) is 12.1 Å². The summed E-state index contributed by atoms with van der Waals surface area (Å²) in [4.78, 5) is 10.4. The molecule has 1 aromatic carbocycles. The second kappa shape index (κ2) is 6.57. The summed E-state index contributed by atoms with van der Waals surface area (Å²) in [5.41, 5.74) is 0.197. The van der Waals surface area contributed by atoms with E-state index in [9.17, 15) is 10.1 Å². The molecule has 6 heteroatoms. The fraction of sp³-hybridized carbons (Fsp3) is 0.417. The zero-order valence-corrected chi connectivity index (χ0v) is 10.3. The molecule has 6 nitrogen and oxygen atoms in total. The van der Waals surface area contributed by atoms with Gasteiger partial charge in [-0.15, -0.1) is 0 Å². The van der Waals surface area contributed by atoms with Gasteiger partial charge in [-0.25, -0.2) is 0 Å². The number of nitro benzene ring substituents is 1. The van der Waals surface area contributed by atoms with Crippen LogP contribution < -0.4 is 5.32 Å². The van der Waals surface area contributed by atoms with Crippen molar-refractivity contribution in [3.63, 3.8) is 0 Å². The van der Waals surface area contributed by atoms with E-state index in [4.69, 9.17) is 10.00 Å². The van der Waals surface area contributed by atoms with Crippen LogP contribution in [0.2, 0.25) is 0 Å². The zero-order valence-electron chi connectivity index (χ0n) is 10.3. The number of nitriles is 1. The summed E-state index contributed by atoms with van der Waals surface area (Å²) in [6.45, 7) is 4.78. The predicted molar refractivity (Wildman–Crippen MR) is 67.4 cm³/mol. The van der Waals surface area contributed by atoms with Crippen molar-refractivity contribution in [2.75, 3.05) is 18.5 Å². The summed E-state index contributed by atoms with van der Waals surface area (Å²) in [5, 5.41) is 22.8. The second-order valence-electron chi connectivity index (χ2n) is 3.78. The lowest BCUT2D eigenvalue weighted by Crippen LogP contribution is -2.22. The van der Waals surface area contributed by atoms with Crippen LogP contribution in [0.4, 0.5) is 11.4 Å². The number of rotatable bonds is 6. The van der Waals surface area contributed by atoms with Gasteiger partial charge >= 0.3 is 5.69 Å². The summed E-state index contributed by atoms with van der Waals surface area (Å²) in [6, 6.07) is 6.37. The summed E-state index contributed by atoms with van der Waals surface area (Å²) in [6.07, 6.45) is 0. The molecule has 0 aliphatic heterocycles. The van der Waals surface area contributed by atoms with Gasteiger partial charge in [0, 0.05) is 12.6 Å². The predicted octanol–water partition coefficient (Wildman–Crippen LogP) is 2.30. The Morgan fingerprint density at radius 2 is 2.33 bits per heavy atom. The molecular formula is C12H15N3O3. The first-order valence-corrected chi connectivity index (χ1v) is 5.62. The molecule has 0 aliphatic carbocycles. The van der Waals surface area contributed by atoms with Gasteiger partial charge in [-0.3, -0.25) is 10.1 Å². The number of nitro groups is 1. The molecule has 0 bridgehead atoms. The van der Waals surface area contributed by atoms with Gasteiger partial charge in [0.2, 0.25) is 0 Å². The van der Waals surface area contributed by atoms with Gasteiger partial charge in [0.15, 0.2) is 0 Å². The lowest BCUT2D eigenvalue weighted by atomic mass is 10.1. The minimum Gasteiger partial charge on any atom is -0.380 e.